The van der Waals surface area contributed by atoms with Gasteiger partial charge >= 0.3 is 11.9 Å². The van der Waals surface area contributed by atoms with Crippen LogP contribution < -0.4 is 27.4 Å². The number of benzene rings is 1. The minimum absolute atomic E-state index is 0.00445. The average molecular weight is 552 g/mol. The van der Waals surface area contributed by atoms with E-state index in [1.54, 1.807) is 13.8 Å². The Balaban J connectivity index is 3.03. The first-order valence-electron chi connectivity index (χ1n) is 12.4. The number of primary amides is 1. The lowest BCUT2D eigenvalue weighted by Gasteiger charge is -2.26. The van der Waals surface area contributed by atoms with Gasteiger partial charge in [-0.05, 0) is 42.9 Å². The Bertz CT molecular complexity index is 1030. The Hall–Kier alpha value is -4.20. The van der Waals surface area contributed by atoms with E-state index in [-0.39, 0.29) is 50.2 Å². The molecule has 0 spiro atoms. The van der Waals surface area contributed by atoms with Gasteiger partial charge in [0.2, 0.25) is 23.6 Å². The van der Waals surface area contributed by atoms with Crippen LogP contribution in [0, 0.1) is 5.92 Å². The van der Waals surface area contributed by atoms with Crippen molar-refractivity contribution in [2.75, 3.05) is 0 Å². The smallest absolute Gasteiger partial charge is 0.326 e. The fraction of sp³-hybridized carbons (Fsp3) is 0.520. The molecule has 14 nitrogen and oxygen atoms in total. The Kier molecular flexibility index (Phi) is 13.4. The highest BCUT2D eigenvalue weighted by atomic mass is 16.4. The molecule has 0 saturated carbocycles. The molecule has 0 aliphatic rings. The molecule has 4 atom stereocenters. The minimum Gasteiger partial charge on any atom is -0.508 e. The van der Waals surface area contributed by atoms with Crippen molar-refractivity contribution >= 4 is 35.6 Å². The van der Waals surface area contributed by atoms with Crippen LogP contribution in [-0.4, -0.2) is 75.1 Å². The van der Waals surface area contributed by atoms with Gasteiger partial charge in [-0.2, -0.15) is 0 Å². The number of carboxylic acids is 2. The SMILES string of the molecule is CC(C)CC(NC(=O)C(CCC(N)=O)NC(=O)C(N)CCC(=O)O)C(=O)NC(Cc1ccc(O)cc1)C(=O)O. The van der Waals surface area contributed by atoms with Crippen molar-refractivity contribution in [3.05, 3.63) is 29.8 Å². The molecule has 0 bridgehead atoms. The van der Waals surface area contributed by atoms with Gasteiger partial charge in [-0.15, -0.1) is 0 Å². The topological polar surface area (TPSA) is 251 Å². The van der Waals surface area contributed by atoms with E-state index in [0.717, 1.165) is 0 Å². The van der Waals surface area contributed by atoms with Crippen molar-refractivity contribution < 1.29 is 44.1 Å². The third kappa shape index (κ3) is 12.7. The van der Waals surface area contributed by atoms with Crippen molar-refractivity contribution in [1.29, 1.82) is 0 Å². The summed E-state index contributed by atoms with van der Waals surface area (Å²) in [5, 5.41) is 35.1. The second-order valence-corrected chi connectivity index (χ2v) is 9.57. The summed E-state index contributed by atoms with van der Waals surface area (Å²) < 4.78 is 0. The van der Waals surface area contributed by atoms with Crippen molar-refractivity contribution in [3.63, 3.8) is 0 Å². The van der Waals surface area contributed by atoms with Gasteiger partial charge in [-0.1, -0.05) is 26.0 Å². The Morgan fingerprint density at radius 3 is 1.85 bits per heavy atom. The number of aliphatic carboxylic acids is 2. The molecule has 0 aliphatic carbocycles. The van der Waals surface area contributed by atoms with Crippen LogP contribution >= 0.6 is 0 Å². The maximum atomic E-state index is 13.1. The molecular formula is C25H37N5O9. The first-order chi connectivity index (χ1) is 18.2. The van der Waals surface area contributed by atoms with Gasteiger partial charge in [-0.25, -0.2) is 4.79 Å². The highest BCUT2D eigenvalue weighted by Gasteiger charge is 2.31. The summed E-state index contributed by atoms with van der Waals surface area (Å²) in [7, 11) is 0. The molecule has 1 aromatic rings. The molecule has 0 fully saturated rings. The van der Waals surface area contributed by atoms with Crippen LogP contribution in [0.15, 0.2) is 24.3 Å². The highest BCUT2D eigenvalue weighted by Crippen LogP contribution is 2.13. The summed E-state index contributed by atoms with van der Waals surface area (Å²) in [5.74, 6) is -5.76. The lowest BCUT2D eigenvalue weighted by Crippen LogP contribution is -2.57. The Morgan fingerprint density at radius 1 is 0.795 bits per heavy atom. The molecular weight excluding hydrogens is 514 g/mol. The normalized spacial score (nSPS) is 13.9. The number of phenolic OH excluding ortho intramolecular Hbond substituents is 1. The minimum atomic E-state index is -1.34. The molecule has 1 rings (SSSR count). The van der Waals surface area contributed by atoms with E-state index in [4.69, 9.17) is 16.6 Å². The molecule has 10 N–H and O–H groups in total. The first-order valence-corrected chi connectivity index (χ1v) is 12.4. The highest BCUT2D eigenvalue weighted by molar-refractivity contribution is 5.94. The van der Waals surface area contributed by atoms with E-state index >= 15 is 0 Å². The van der Waals surface area contributed by atoms with Gasteiger partial charge in [0, 0.05) is 19.3 Å². The molecule has 0 aromatic heterocycles. The number of carboxylic acid groups (broad SMARTS) is 2. The number of phenols is 1. The Labute approximate surface area is 225 Å². The van der Waals surface area contributed by atoms with Gasteiger partial charge in [0.1, 0.15) is 23.9 Å². The third-order valence-corrected chi connectivity index (χ3v) is 5.65. The number of carbonyl (C=O) groups is 6. The monoisotopic (exact) mass is 551 g/mol. The average Bonchev–Trinajstić information content (AvgIpc) is 2.84. The van der Waals surface area contributed by atoms with E-state index in [1.807, 2.05) is 0 Å². The standard InChI is InChI=1S/C25H37N5O9/c1-13(2)11-18(24(37)30-19(25(38)39)12-14-3-5-15(31)6-4-14)29-23(36)17(8-9-20(27)32)28-22(35)16(26)7-10-21(33)34/h3-6,13,16-19,31H,7-12,26H2,1-2H3,(H2,27,32)(H,28,35)(H,29,36)(H,30,37)(H,33,34)(H,38,39). The van der Waals surface area contributed by atoms with Crippen molar-refractivity contribution in [2.45, 2.75) is 76.5 Å². The van der Waals surface area contributed by atoms with E-state index < -0.39 is 59.7 Å². The van der Waals surface area contributed by atoms with Crippen molar-refractivity contribution in [3.8, 4) is 5.75 Å². The fourth-order valence-corrected chi connectivity index (χ4v) is 3.56. The molecule has 0 radical (unpaired) electrons. The summed E-state index contributed by atoms with van der Waals surface area (Å²) in [5.41, 5.74) is 11.4. The summed E-state index contributed by atoms with van der Waals surface area (Å²) in [6.45, 7) is 3.57. The van der Waals surface area contributed by atoms with E-state index in [0.29, 0.717) is 5.56 Å². The van der Waals surface area contributed by atoms with E-state index in [9.17, 15) is 39.0 Å². The molecule has 4 amide bonds. The summed E-state index contributed by atoms with van der Waals surface area (Å²) in [4.78, 5) is 72.5. The zero-order valence-electron chi connectivity index (χ0n) is 21.9. The molecule has 1 aromatic carbocycles. The number of nitrogens with two attached hydrogens (primary N) is 2. The molecule has 39 heavy (non-hydrogen) atoms. The maximum absolute atomic E-state index is 13.1. The molecule has 216 valence electrons. The lowest BCUT2D eigenvalue weighted by molar-refractivity contribution is -0.142. The molecule has 14 heteroatoms. The number of rotatable bonds is 17. The summed E-state index contributed by atoms with van der Waals surface area (Å²) >= 11 is 0. The third-order valence-electron chi connectivity index (χ3n) is 5.65. The zero-order chi connectivity index (χ0) is 29.7. The van der Waals surface area contributed by atoms with E-state index in [2.05, 4.69) is 16.0 Å². The summed E-state index contributed by atoms with van der Waals surface area (Å²) in [6.07, 6.45) is -1.03. The Morgan fingerprint density at radius 2 is 1.33 bits per heavy atom. The van der Waals surface area contributed by atoms with Gasteiger partial charge in [0.25, 0.3) is 0 Å². The summed E-state index contributed by atoms with van der Waals surface area (Å²) in [6, 6.07) is 0.694. The largest absolute Gasteiger partial charge is 0.508 e. The second kappa shape index (κ2) is 15.9. The maximum Gasteiger partial charge on any atom is 0.326 e. The zero-order valence-corrected chi connectivity index (χ0v) is 21.9. The number of hydrogen-bond acceptors (Lipinski definition) is 8. The molecule has 4 unspecified atom stereocenters. The molecule has 0 heterocycles. The van der Waals surface area contributed by atoms with Crippen LogP contribution in [0.25, 0.3) is 0 Å². The van der Waals surface area contributed by atoms with Crippen molar-refractivity contribution in [2.24, 2.45) is 17.4 Å². The molecule has 0 saturated heterocycles. The number of carbonyl (C=O) groups excluding carboxylic acids is 4. The number of aromatic hydroxyl groups is 1. The number of amides is 4. The van der Waals surface area contributed by atoms with Gasteiger partial charge < -0.3 is 42.7 Å². The van der Waals surface area contributed by atoms with Crippen LogP contribution in [0.5, 0.6) is 5.75 Å². The lowest BCUT2D eigenvalue weighted by atomic mass is 10.0. The fourth-order valence-electron chi connectivity index (χ4n) is 3.56. The van der Waals surface area contributed by atoms with Gasteiger partial charge in [-0.3, -0.25) is 24.0 Å². The first kappa shape index (κ1) is 32.8. The van der Waals surface area contributed by atoms with Crippen LogP contribution in [0.2, 0.25) is 0 Å². The second-order valence-electron chi connectivity index (χ2n) is 9.57. The number of hydrogen-bond donors (Lipinski definition) is 8. The van der Waals surface area contributed by atoms with Crippen LogP contribution in [-0.2, 0) is 35.2 Å². The van der Waals surface area contributed by atoms with Crippen molar-refractivity contribution in [1.82, 2.24) is 16.0 Å². The van der Waals surface area contributed by atoms with E-state index in [1.165, 1.54) is 24.3 Å². The van der Waals surface area contributed by atoms with Gasteiger partial charge in [0.05, 0.1) is 6.04 Å². The van der Waals surface area contributed by atoms with Gasteiger partial charge in [0.15, 0.2) is 0 Å². The van der Waals surface area contributed by atoms with Crippen LogP contribution in [0.3, 0.4) is 0 Å². The quantitative estimate of drug-likeness (QED) is 0.117. The predicted molar refractivity (Wildman–Crippen MR) is 138 cm³/mol. The predicted octanol–water partition coefficient (Wildman–Crippen LogP) is -1.02. The van der Waals surface area contributed by atoms with Crippen LogP contribution in [0.1, 0.15) is 51.5 Å². The van der Waals surface area contributed by atoms with Crippen LogP contribution in [0.4, 0.5) is 0 Å². The number of nitrogens with one attached hydrogen (secondary N) is 3. The molecule has 0 aliphatic heterocycles.